The first kappa shape index (κ1) is 25.8. The number of aromatic nitrogens is 1. The fourth-order valence-electron chi connectivity index (χ4n) is 4.42. The molecule has 4 rings (SSSR count). The Labute approximate surface area is 211 Å². The molecule has 1 unspecified atom stereocenters. The van der Waals surface area contributed by atoms with Crippen LogP contribution in [-0.4, -0.2) is 56.0 Å². The predicted octanol–water partition coefficient (Wildman–Crippen LogP) is 5.28. The fourth-order valence-corrected chi connectivity index (χ4v) is 6.88. The number of rotatable bonds is 9. The topological polar surface area (TPSA) is 79.8 Å². The molecule has 0 saturated carbocycles. The number of fused-ring (bicyclic) bond motifs is 1. The van der Waals surface area contributed by atoms with Gasteiger partial charge in [0.2, 0.25) is 10.0 Å². The molecule has 0 aliphatic carbocycles. The van der Waals surface area contributed by atoms with Crippen molar-refractivity contribution in [3.8, 4) is 0 Å². The molecule has 188 valence electrons. The van der Waals surface area contributed by atoms with Crippen molar-refractivity contribution in [3.63, 3.8) is 0 Å². The van der Waals surface area contributed by atoms with Crippen molar-refractivity contribution in [1.29, 1.82) is 0 Å². The van der Waals surface area contributed by atoms with E-state index < -0.39 is 10.0 Å². The molecule has 35 heavy (non-hydrogen) atoms. The van der Waals surface area contributed by atoms with Gasteiger partial charge in [0.05, 0.1) is 27.8 Å². The van der Waals surface area contributed by atoms with Crippen molar-refractivity contribution in [2.24, 2.45) is 0 Å². The molecule has 1 amide bonds. The second-order valence-corrected chi connectivity index (χ2v) is 12.0. The number of carbonyl (C=O) groups is 1. The van der Waals surface area contributed by atoms with Crippen LogP contribution >= 0.6 is 11.3 Å². The Balaban J connectivity index is 1.69. The number of anilines is 1. The smallest absolute Gasteiger partial charge is 0.260 e. The van der Waals surface area contributed by atoms with Gasteiger partial charge in [-0.25, -0.2) is 13.4 Å². The molecule has 7 nitrogen and oxygen atoms in total. The van der Waals surface area contributed by atoms with Crippen LogP contribution in [0.5, 0.6) is 0 Å². The summed E-state index contributed by atoms with van der Waals surface area (Å²) in [6, 6.07) is 12.4. The zero-order chi connectivity index (χ0) is 25.2. The first-order valence-corrected chi connectivity index (χ1v) is 14.4. The van der Waals surface area contributed by atoms with Gasteiger partial charge in [0.15, 0.2) is 5.13 Å². The molecule has 1 aliphatic rings. The maximum absolute atomic E-state index is 13.7. The molecule has 3 aromatic rings. The van der Waals surface area contributed by atoms with Gasteiger partial charge in [-0.2, -0.15) is 4.31 Å². The van der Waals surface area contributed by atoms with Gasteiger partial charge in [-0.3, -0.25) is 9.69 Å². The van der Waals surface area contributed by atoms with Gasteiger partial charge in [-0.05, 0) is 54.7 Å². The summed E-state index contributed by atoms with van der Waals surface area (Å²) in [5.41, 5.74) is 2.50. The second kappa shape index (κ2) is 10.7. The monoisotopic (exact) mass is 515 g/mol. The highest BCUT2D eigenvalue weighted by molar-refractivity contribution is 7.89. The number of nitrogens with zero attached hydrogens (tertiary/aromatic N) is 3. The third kappa shape index (κ3) is 5.28. The van der Waals surface area contributed by atoms with Crippen molar-refractivity contribution in [2.45, 2.75) is 57.5 Å². The van der Waals surface area contributed by atoms with E-state index in [2.05, 4.69) is 19.9 Å². The SMILES string of the molecule is CCN(CC)S(=O)(=O)c1ccc(C(=O)N(CC2CCCO2)c2nc3c(C(C)C)cccc3s2)cc1. The minimum Gasteiger partial charge on any atom is -0.376 e. The third-order valence-electron chi connectivity index (χ3n) is 6.39. The minimum atomic E-state index is -3.59. The van der Waals surface area contributed by atoms with Crippen LogP contribution in [0.4, 0.5) is 5.13 Å². The molecule has 1 saturated heterocycles. The predicted molar refractivity (Wildman–Crippen MR) is 141 cm³/mol. The van der Waals surface area contributed by atoms with Gasteiger partial charge < -0.3 is 4.74 Å². The lowest BCUT2D eigenvalue weighted by Crippen LogP contribution is -2.37. The second-order valence-electron chi connectivity index (χ2n) is 9.01. The molecule has 1 aromatic heterocycles. The average Bonchev–Trinajstić information content (AvgIpc) is 3.52. The van der Waals surface area contributed by atoms with Crippen LogP contribution in [0.1, 0.15) is 62.4 Å². The van der Waals surface area contributed by atoms with Crippen LogP contribution in [0, 0.1) is 0 Å². The molecule has 1 aliphatic heterocycles. The van der Waals surface area contributed by atoms with Crippen LogP contribution in [0.2, 0.25) is 0 Å². The number of hydrogen-bond acceptors (Lipinski definition) is 6. The number of benzene rings is 2. The van der Waals surface area contributed by atoms with Crippen LogP contribution in [-0.2, 0) is 14.8 Å². The molecule has 0 radical (unpaired) electrons. The Morgan fingerprint density at radius 3 is 2.46 bits per heavy atom. The summed E-state index contributed by atoms with van der Waals surface area (Å²) in [7, 11) is -3.59. The standard InChI is InChI=1S/C26H33N3O4S2/c1-5-28(6-2)35(31,32)21-14-12-19(13-15-21)25(30)29(17-20-9-8-16-33-20)26-27-24-22(18(3)4)10-7-11-23(24)34-26/h7,10-15,18,20H,5-6,8-9,16-17H2,1-4H3. The van der Waals surface area contributed by atoms with Gasteiger partial charge in [0.1, 0.15) is 0 Å². The maximum atomic E-state index is 13.7. The van der Waals surface area contributed by atoms with Crippen LogP contribution in [0.25, 0.3) is 10.2 Å². The molecule has 0 N–H and O–H groups in total. The Bertz CT molecular complexity index is 1280. The van der Waals surface area contributed by atoms with Crippen LogP contribution < -0.4 is 4.90 Å². The number of amides is 1. The lowest BCUT2D eigenvalue weighted by Gasteiger charge is -2.23. The molecule has 2 aromatic carbocycles. The number of sulfonamides is 1. The maximum Gasteiger partial charge on any atom is 0.260 e. The molecule has 0 bridgehead atoms. The van der Waals surface area contributed by atoms with Crippen LogP contribution in [0.3, 0.4) is 0 Å². The molecule has 9 heteroatoms. The zero-order valence-corrected chi connectivity index (χ0v) is 22.4. The van der Waals surface area contributed by atoms with Gasteiger partial charge in [-0.15, -0.1) is 0 Å². The van der Waals surface area contributed by atoms with Crippen molar-refractivity contribution < 1.29 is 17.9 Å². The highest BCUT2D eigenvalue weighted by Crippen LogP contribution is 2.35. The van der Waals surface area contributed by atoms with E-state index in [9.17, 15) is 13.2 Å². The molecule has 0 spiro atoms. The summed E-state index contributed by atoms with van der Waals surface area (Å²) in [6.07, 6.45) is 1.83. The molecular formula is C26H33N3O4S2. The third-order valence-corrected chi connectivity index (χ3v) is 9.50. The Kier molecular flexibility index (Phi) is 7.90. The Morgan fingerprint density at radius 2 is 1.86 bits per heavy atom. The van der Waals surface area contributed by atoms with Crippen molar-refractivity contribution in [2.75, 3.05) is 31.1 Å². The number of ether oxygens (including phenoxy) is 1. The van der Waals surface area contributed by atoms with Gasteiger partial charge in [0.25, 0.3) is 5.91 Å². The van der Waals surface area contributed by atoms with Crippen LogP contribution in [0.15, 0.2) is 47.4 Å². The lowest BCUT2D eigenvalue weighted by atomic mass is 10.0. The van der Waals surface area contributed by atoms with Crippen molar-refractivity contribution >= 4 is 42.6 Å². The molecular weight excluding hydrogens is 482 g/mol. The van der Waals surface area contributed by atoms with E-state index in [1.54, 1.807) is 17.0 Å². The zero-order valence-electron chi connectivity index (χ0n) is 20.7. The van der Waals surface area contributed by atoms with Gasteiger partial charge >= 0.3 is 0 Å². The minimum absolute atomic E-state index is 0.0437. The van der Waals surface area contributed by atoms with E-state index in [0.717, 1.165) is 28.6 Å². The summed E-state index contributed by atoms with van der Waals surface area (Å²) < 4.78 is 34.0. The normalized spacial score (nSPS) is 16.5. The van der Waals surface area contributed by atoms with E-state index in [0.29, 0.717) is 42.9 Å². The Hall–Kier alpha value is -2.33. The summed E-state index contributed by atoms with van der Waals surface area (Å²) >= 11 is 1.50. The average molecular weight is 516 g/mol. The van der Waals surface area contributed by atoms with Crippen molar-refractivity contribution in [1.82, 2.24) is 9.29 Å². The van der Waals surface area contributed by atoms with Gasteiger partial charge in [-0.1, -0.05) is 51.2 Å². The van der Waals surface area contributed by atoms with E-state index in [1.165, 1.54) is 27.8 Å². The summed E-state index contributed by atoms with van der Waals surface area (Å²) in [5.74, 6) is 0.105. The fraction of sp³-hybridized carbons (Fsp3) is 0.462. The van der Waals surface area contributed by atoms with E-state index >= 15 is 0 Å². The molecule has 2 heterocycles. The largest absolute Gasteiger partial charge is 0.376 e. The number of thiazole rings is 1. The quantitative estimate of drug-likeness (QED) is 0.388. The summed E-state index contributed by atoms with van der Waals surface area (Å²) in [4.78, 5) is 20.5. The lowest BCUT2D eigenvalue weighted by molar-refractivity contribution is 0.0917. The first-order chi connectivity index (χ1) is 16.8. The van der Waals surface area contributed by atoms with E-state index in [-0.39, 0.29) is 16.9 Å². The Morgan fingerprint density at radius 1 is 1.14 bits per heavy atom. The summed E-state index contributed by atoms with van der Waals surface area (Å²) in [5, 5.41) is 0.633. The van der Waals surface area contributed by atoms with E-state index in [4.69, 9.17) is 9.72 Å². The van der Waals surface area contributed by atoms with E-state index in [1.807, 2.05) is 26.0 Å². The highest BCUT2D eigenvalue weighted by atomic mass is 32.2. The van der Waals surface area contributed by atoms with Gasteiger partial charge in [0, 0.05) is 25.3 Å². The highest BCUT2D eigenvalue weighted by Gasteiger charge is 2.28. The van der Waals surface area contributed by atoms with Crippen molar-refractivity contribution in [3.05, 3.63) is 53.6 Å². The summed E-state index contributed by atoms with van der Waals surface area (Å²) in [6.45, 7) is 9.79. The number of para-hydroxylation sites is 1. The first-order valence-electron chi connectivity index (χ1n) is 12.2. The number of hydrogen-bond donors (Lipinski definition) is 0. The number of carbonyl (C=O) groups excluding carboxylic acids is 1. The molecule has 1 atom stereocenters. The molecule has 1 fully saturated rings.